The van der Waals surface area contributed by atoms with E-state index in [1.54, 1.807) is 59.4 Å². The first-order valence-electron chi connectivity index (χ1n) is 11.0. The van der Waals surface area contributed by atoms with E-state index in [1.807, 2.05) is 30.3 Å². The van der Waals surface area contributed by atoms with Crippen LogP contribution in [0, 0.1) is 11.3 Å². The third kappa shape index (κ3) is 3.51. The Balaban J connectivity index is 1.41. The highest BCUT2D eigenvalue weighted by molar-refractivity contribution is 5.98. The van der Waals surface area contributed by atoms with Gasteiger partial charge < -0.3 is 14.7 Å². The van der Waals surface area contributed by atoms with Crippen molar-refractivity contribution in [2.24, 2.45) is 11.3 Å². The number of hydrogen-bond donors (Lipinski definition) is 0. The Kier molecular flexibility index (Phi) is 5.08. The van der Waals surface area contributed by atoms with E-state index in [2.05, 4.69) is 9.97 Å². The number of hydrogen-bond acceptors (Lipinski definition) is 5. The van der Waals surface area contributed by atoms with Gasteiger partial charge in [0.2, 0.25) is 5.91 Å². The molecule has 2 fully saturated rings. The molecule has 8 heteroatoms. The molecule has 2 aromatic heterocycles. The van der Waals surface area contributed by atoms with E-state index in [0.717, 1.165) is 10.9 Å². The van der Waals surface area contributed by atoms with Gasteiger partial charge in [-0.1, -0.05) is 24.3 Å². The van der Waals surface area contributed by atoms with Gasteiger partial charge in [-0.3, -0.25) is 19.4 Å². The van der Waals surface area contributed by atoms with Crippen molar-refractivity contribution in [2.75, 3.05) is 40.3 Å². The minimum absolute atomic E-state index is 0.0562. The van der Waals surface area contributed by atoms with Crippen molar-refractivity contribution in [3.63, 3.8) is 0 Å². The lowest BCUT2D eigenvalue weighted by Crippen LogP contribution is -2.48. The lowest BCUT2D eigenvalue weighted by molar-refractivity contribution is -0.139. The molecule has 1 aromatic carbocycles. The number of rotatable bonds is 3. The molecular weight excluding hydrogens is 418 g/mol. The van der Waals surface area contributed by atoms with Crippen LogP contribution in [0.4, 0.5) is 0 Å². The Hall–Kier alpha value is -3.81. The van der Waals surface area contributed by atoms with E-state index in [9.17, 15) is 14.4 Å². The number of aromatic nitrogens is 2. The Bertz CT molecular complexity index is 1250. The fourth-order valence-electron chi connectivity index (χ4n) is 5.15. The maximum atomic E-state index is 13.4. The quantitative estimate of drug-likeness (QED) is 0.618. The Morgan fingerprint density at radius 1 is 0.909 bits per heavy atom. The van der Waals surface area contributed by atoms with Crippen molar-refractivity contribution >= 4 is 28.6 Å². The smallest absolute Gasteiger partial charge is 0.272 e. The molecule has 2 atom stereocenters. The first kappa shape index (κ1) is 21.1. The van der Waals surface area contributed by atoms with Crippen LogP contribution >= 0.6 is 0 Å². The molecule has 168 valence electrons. The van der Waals surface area contributed by atoms with Crippen LogP contribution in [0.15, 0.2) is 60.9 Å². The zero-order chi connectivity index (χ0) is 23.2. The van der Waals surface area contributed by atoms with Crippen LogP contribution < -0.4 is 0 Å². The summed E-state index contributed by atoms with van der Waals surface area (Å²) in [6, 6.07) is 14.6. The first-order chi connectivity index (χ1) is 15.9. The minimum atomic E-state index is -0.821. The third-order valence-electron chi connectivity index (χ3n) is 6.76. The predicted molar refractivity (Wildman–Crippen MR) is 122 cm³/mol. The molecule has 8 nitrogen and oxygen atoms in total. The number of amides is 3. The number of carbonyl (C=O) groups excluding carboxylic acids is 3. The summed E-state index contributed by atoms with van der Waals surface area (Å²) >= 11 is 0. The van der Waals surface area contributed by atoms with E-state index >= 15 is 0 Å². The van der Waals surface area contributed by atoms with Crippen LogP contribution in [-0.2, 0) is 4.79 Å². The Morgan fingerprint density at radius 2 is 1.58 bits per heavy atom. The van der Waals surface area contributed by atoms with Crippen molar-refractivity contribution in [3.8, 4) is 0 Å². The summed E-state index contributed by atoms with van der Waals surface area (Å²) in [6.07, 6.45) is 3.17. The molecule has 2 aliphatic heterocycles. The molecular formula is C25H25N5O3. The number of carbonyl (C=O) groups is 3. The molecule has 3 aromatic rings. The Morgan fingerprint density at radius 3 is 2.27 bits per heavy atom. The normalized spacial score (nSPS) is 21.8. The Labute approximate surface area is 191 Å². The second-order valence-corrected chi connectivity index (χ2v) is 9.05. The number of likely N-dealkylation sites (tertiary alicyclic amines) is 2. The van der Waals surface area contributed by atoms with E-state index in [4.69, 9.17) is 0 Å². The maximum Gasteiger partial charge on any atom is 0.272 e. The van der Waals surface area contributed by atoms with Gasteiger partial charge in [0.1, 0.15) is 5.69 Å². The molecule has 0 aliphatic carbocycles. The second kappa shape index (κ2) is 7.95. The number of benzene rings is 1. The highest BCUT2D eigenvalue weighted by Crippen LogP contribution is 2.44. The van der Waals surface area contributed by atoms with Crippen molar-refractivity contribution in [1.82, 2.24) is 24.7 Å². The molecule has 0 spiro atoms. The van der Waals surface area contributed by atoms with Crippen LogP contribution in [-0.4, -0.2) is 82.7 Å². The van der Waals surface area contributed by atoms with Gasteiger partial charge in [0.05, 0.1) is 10.9 Å². The molecule has 3 amide bonds. The van der Waals surface area contributed by atoms with Gasteiger partial charge in [-0.15, -0.1) is 0 Å². The first-order valence-corrected chi connectivity index (χ1v) is 11.0. The monoisotopic (exact) mass is 443 g/mol. The number of para-hydroxylation sites is 1. The number of fused-ring (bicyclic) bond motifs is 2. The topological polar surface area (TPSA) is 86.7 Å². The number of pyridine rings is 2. The van der Waals surface area contributed by atoms with Crippen molar-refractivity contribution in [2.45, 2.75) is 0 Å². The van der Waals surface area contributed by atoms with Gasteiger partial charge in [-0.25, -0.2) is 4.98 Å². The average Bonchev–Trinajstić information content (AvgIpc) is 3.38. The molecule has 4 heterocycles. The molecule has 0 unspecified atom stereocenters. The van der Waals surface area contributed by atoms with Crippen molar-refractivity contribution in [1.29, 1.82) is 0 Å². The molecule has 0 radical (unpaired) electrons. The maximum absolute atomic E-state index is 13.4. The van der Waals surface area contributed by atoms with Gasteiger partial charge >= 0.3 is 0 Å². The van der Waals surface area contributed by atoms with Crippen LogP contribution in [0.5, 0.6) is 0 Å². The molecule has 33 heavy (non-hydrogen) atoms. The van der Waals surface area contributed by atoms with Gasteiger partial charge in [0.15, 0.2) is 0 Å². The molecule has 2 saturated heterocycles. The fraction of sp³-hybridized carbons (Fsp3) is 0.320. The fourth-order valence-corrected chi connectivity index (χ4v) is 5.15. The highest BCUT2D eigenvalue weighted by Gasteiger charge is 2.59. The highest BCUT2D eigenvalue weighted by atomic mass is 16.2. The van der Waals surface area contributed by atoms with Crippen LogP contribution in [0.25, 0.3) is 10.9 Å². The standard InChI is InChI=1S/C25H25N5O3/c1-28(2)24(33)25-15-29(22(31)18-9-11-26-12-10-18)13-19(25)14-30(16-25)23(32)21-8-7-17-5-3-4-6-20(17)27-21/h3-12,19H,13-16H2,1-2H3/t19-,25-/m0/s1. The largest absolute Gasteiger partial charge is 0.348 e. The van der Waals surface area contributed by atoms with Gasteiger partial charge in [-0.05, 0) is 24.3 Å². The average molecular weight is 444 g/mol. The predicted octanol–water partition coefficient (Wildman–Crippen LogP) is 1.93. The third-order valence-corrected chi connectivity index (χ3v) is 6.76. The summed E-state index contributed by atoms with van der Waals surface area (Å²) in [5.41, 5.74) is 0.853. The van der Waals surface area contributed by atoms with Crippen LogP contribution in [0.2, 0.25) is 0 Å². The summed E-state index contributed by atoms with van der Waals surface area (Å²) < 4.78 is 0. The zero-order valence-corrected chi connectivity index (χ0v) is 18.6. The van der Waals surface area contributed by atoms with Crippen LogP contribution in [0.1, 0.15) is 20.8 Å². The summed E-state index contributed by atoms with van der Waals surface area (Å²) in [4.78, 5) is 53.3. The molecule has 0 saturated carbocycles. The molecule has 0 N–H and O–H groups in total. The SMILES string of the molecule is CN(C)C(=O)[C@]12CN(C(=O)c3ccncc3)C[C@H]1CN(C(=O)c1ccc3ccccc3n1)C2. The van der Waals surface area contributed by atoms with Crippen molar-refractivity contribution in [3.05, 3.63) is 72.2 Å². The lowest BCUT2D eigenvalue weighted by Gasteiger charge is -2.30. The van der Waals surface area contributed by atoms with Gasteiger partial charge in [0, 0.05) is 69.5 Å². The van der Waals surface area contributed by atoms with Gasteiger partial charge in [-0.2, -0.15) is 0 Å². The lowest BCUT2D eigenvalue weighted by atomic mass is 9.80. The van der Waals surface area contributed by atoms with E-state index in [0.29, 0.717) is 24.3 Å². The second-order valence-electron chi connectivity index (χ2n) is 9.05. The minimum Gasteiger partial charge on any atom is -0.348 e. The van der Waals surface area contributed by atoms with E-state index in [-0.39, 0.29) is 36.7 Å². The van der Waals surface area contributed by atoms with Crippen molar-refractivity contribution < 1.29 is 14.4 Å². The van der Waals surface area contributed by atoms with E-state index in [1.165, 1.54) is 0 Å². The number of nitrogens with zero attached hydrogens (tertiary/aromatic N) is 5. The molecule has 0 bridgehead atoms. The van der Waals surface area contributed by atoms with E-state index < -0.39 is 5.41 Å². The summed E-state index contributed by atoms with van der Waals surface area (Å²) in [7, 11) is 3.44. The van der Waals surface area contributed by atoms with Crippen LogP contribution in [0.3, 0.4) is 0 Å². The summed E-state index contributed by atoms with van der Waals surface area (Å²) in [5.74, 6) is -0.498. The summed E-state index contributed by atoms with van der Waals surface area (Å²) in [5, 5.41) is 0.969. The van der Waals surface area contributed by atoms with Gasteiger partial charge in [0.25, 0.3) is 11.8 Å². The zero-order valence-electron chi connectivity index (χ0n) is 18.6. The molecule has 5 rings (SSSR count). The molecule has 2 aliphatic rings. The summed E-state index contributed by atoms with van der Waals surface area (Å²) in [6.45, 7) is 1.38.